The van der Waals surface area contributed by atoms with E-state index in [1.165, 1.54) is 11.3 Å². The number of nitrogens with one attached hydrogen (secondary N) is 1. The minimum absolute atomic E-state index is 0.0821. The van der Waals surface area contributed by atoms with Gasteiger partial charge in [-0.25, -0.2) is 9.78 Å². The Balaban J connectivity index is 2.12. The van der Waals surface area contributed by atoms with Gasteiger partial charge < -0.3 is 15.2 Å². The fourth-order valence-corrected chi connectivity index (χ4v) is 3.41. The summed E-state index contributed by atoms with van der Waals surface area (Å²) in [6, 6.07) is 4.92. The zero-order chi connectivity index (χ0) is 17.3. The Morgan fingerprint density at radius 3 is 2.92 bits per heavy atom. The summed E-state index contributed by atoms with van der Waals surface area (Å²) in [5, 5.41) is 15.0. The number of aromatic nitrogens is 2. The normalized spacial score (nSPS) is 10.8. The fraction of sp³-hybridized carbons (Fsp3) is 0.188. The SMILES string of the molecule is CCOC(=O)c1csc2nc(Cl)nc(Nc3ccc(O)cc3C)c12. The first-order chi connectivity index (χ1) is 11.5. The lowest BCUT2D eigenvalue weighted by molar-refractivity contribution is 0.0529. The number of aromatic hydroxyl groups is 1. The molecular weight excluding hydrogens is 350 g/mol. The first-order valence-corrected chi connectivity index (χ1v) is 8.44. The average Bonchev–Trinajstić information content (AvgIpc) is 2.94. The van der Waals surface area contributed by atoms with Gasteiger partial charge in [0.15, 0.2) is 0 Å². The van der Waals surface area contributed by atoms with Gasteiger partial charge in [-0.1, -0.05) is 0 Å². The maximum absolute atomic E-state index is 12.2. The van der Waals surface area contributed by atoms with Crippen molar-refractivity contribution in [1.29, 1.82) is 0 Å². The lowest BCUT2D eigenvalue weighted by Crippen LogP contribution is -2.05. The van der Waals surface area contributed by atoms with Crippen molar-refractivity contribution in [2.45, 2.75) is 13.8 Å². The van der Waals surface area contributed by atoms with E-state index in [-0.39, 0.29) is 17.6 Å². The lowest BCUT2D eigenvalue weighted by Gasteiger charge is -2.11. The first-order valence-electron chi connectivity index (χ1n) is 7.18. The molecule has 0 saturated heterocycles. The third-order valence-electron chi connectivity index (χ3n) is 3.36. The summed E-state index contributed by atoms with van der Waals surface area (Å²) in [5.74, 6) is 0.162. The highest BCUT2D eigenvalue weighted by molar-refractivity contribution is 7.17. The molecule has 124 valence electrons. The zero-order valence-corrected chi connectivity index (χ0v) is 14.5. The molecule has 0 atom stereocenters. The summed E-state index contributed by atoms with van der Waals surface area (Å²) in [6.45, 7) is 3.88. The second-order valence-corrected chi connectivity index (χ2v) is 6.21. The van der Waals surface area contributed by atoms with Crippen molar-refractivity contribution in [3.63, 3.8) is 0 Å². The molecule has 0 aliphatic rings. The van der Waals surface area contributed by atoms with E-state index in [2.05, 4.69) is 15.3 Å². The van der Waals surface area contributed by atoms with Gasteiger partial charge in [-0.3, -0.25) is 0 Å². The summed E-state index contributed by atoms with van der Waals surface area (Å²) < 4.78 is 5.09. The van der Waals surface area contributed by atoms with Crippen LogP contribution in [0.3, 0.4) is 0 Å². The number of carbonyl (C=O) groups excluding carboxylic acids is 1. The van der Waals surface area contributed by atoms with Gasteiger partial charge in [0.05, 0.1) is 17.6 Å². The number of rotatable bonds is 4. The molecule has 3 rings (SSSR count). The smallest absolute Gasteiger partial charge is 0.339 e. The van der Waals surface area contributed by atoms with E-state index < -0.39 is 5.97 Å². The molecule has 0 spiro atoms. The standard InChI is InChI=1S/C16H14ClN3O3S/c1-3-23-15(22)10-7-24-14-12(10)13(19-16(17)20-14)18-11-5-4-9(21)6-8(11)2/h4-7,21H,3H2,1-2H3,(H,18,19,20). The number of phenolic OH excluding ortho intramolecular Hbond substituents is 1. The fourth-order valence-electron chi connectivity index (χ4n) is 2.28. The molecule has 6 nitrogen and oxygen atoms in total. The van der Waals surface area contributed by atoms with Crippen LogP contribution in [0.4, 0.5) is 11.5 Å². The van der Waals surface area contributed by atoms with Crippen LogP contribution in [0.5, 0.6) is 5.75 Å². The Labute approximate surface area is 147 Å². The number of halogens is 1. The Morgan fingerprint density at radius 2 is 2.21 bits per heavy atom. The van der Waals surface area contributed by atoms with E-state index in [4.69, 9.17) is 16.3 Å². The maximum atomic E-state index is 12.2. The molecule has 0 bridgehead atoms. The highest BCUT2D eigenvalue weighted by atomic mass is 35.5. The van der Waals surface area contributed by atoms with Gasteiger partial charge in [0.25, 0.3) is 0 Å². The van der Waals surface area contributed by atoms with Gasteiger partial charge in [0, 0.05) is 11.1 Å². The summed E-state index contributed by atoms with van der Waals surface area (Å²) in [7, 11) is 0. The molecular formula is C16H14ClN3O3S. The predicted molar refractivity (Wildman–Crippen MR) is 94.5 cm³/mol. The topological polar surface area (TPSA) is 84.3 Å². The summed E-state index contributed by atoms with van der Waals surface area (Å²) in [5.41, 5.74) is 1.96. The lowest BCUT2D eigenvalue weighted by atomic mass is 10.1. The van der Waals surface area contributed by atoms with Crippen LogP contribution in [-0.4, -0.2) is 27.7 Å². The molecule has 2 N–H and O–H groups in total. The van der Waals surface area contributed by atoms with Crippen molar-refractivity contribution >= 4 is 50.6 Å². The number of nitrogens with zero attached hydrogens (tertiary/aromatic N) is 2. The average molecular weight is 364 g/mol. The Kier molecular flexibility index (Phi) is 4.55. The number of anilines is 2. The first kappa shape index (κ1) is 16.5. The molecule has 0 aliphatic heterocycles. The van der Waals surface area contributed by atoms with Crippen molar-refractivity contribution in [3.05, 3.63) is 40.0 Å². The largest absolute Gasteiger partial charge is 0.508 e. The summed E-state index contributed by atoms with van der Waals surface area (Å²) in [4.78, 5) is 21.1. The van der Waals surface area contributed by atoms with E-state index in [1.807, 2.05) is 6.92 Å². The van der Waals surface area contributed by atoms with E-state index in [1.54, 1.807) is 30.5 Å². The molecule has 3 aromatic rings. The van der Waals surface area contributed by atoms with Crippen LogP contribution < -0.4 is 5.32 Å². The molecule has 0 amide bonds. The third kappa shape index (κ3) is 3.13. The number of hydrogen-bond donors (Lipinski definition) is 2. The third-order valence-corrected chi connectivity index (χ3v) is 4.41. The van der Waals surface area contributed by atoms with Crippen molar-refractivity contribution in [3.8, 4) is 5.75 Å². The second-order valence-electron chi connectivity index (χ2n) is 5.02. The molecule has 0 radical (unpaired) electrons. The zero-order valence-electron chi connectivity index (χ0n) is 13.0. The van der Waals surface area contributed by atoms with Crippen LogP contribution in [0, 0.1) is 6.92 Å². The van der Waals surface area contributed by atoms with Gasteiger partial charge in [-0.2, -0.15) is 4.98 Å². The number of carbonyl (C=O) groups is 1. The van der Waals surface area contributed by atoms with Gasteiger partial charge >= 0.3 is 5.97 Å². The van der Waals surface area contributed by atoms with Crippen molar-refractivity contribution in [2.75, 3.05) is 11.9 Å². The van der Waals surface area contributed by atoms with Crippen LogP contribution in [0.1, 0.15) is 22.8 Å². The van der Waals surface area contributed by atoms with Crippen molar-refractivity contribution in [1.82, 2.24) is 9.97 Å². The maximum Gasteiger partial charge on any atom is 0.339 e. The molecule has 8 heteroatoms. The Hall–Kier alpha value is -2.38. The number of thiophene rings is 1. The van der Waals surface area contributed by atoms with Crippen LogP contribution in [0.15, 0.2) is 23.6 Å². The van der Waals surface area contributed by atoms with E-state index in [9.17, 15) is 9.90 Å². The number of esters is 1. The second kappa shape index (κ2) is 6.62. The predicted octanol–water partition coefficient (Wildman–Crippen LogP) is 4.28. The number of aryl methyl sites for hydroxylation is 1. The highest BCUT2D eigenvalue weighted by Gasteiger charge is 2.20. The molecule has 2 heterocycles. The number of hydrogen-bond acceptors (Lipinski definition) is 7. The van der Waals surface area contributed by atoms with Crippen molar-refractivity contribution in [2.24, 2.45) is 0 Å². The molecule has 0 unspecified atom stereocenters. The van der Waals surface area contributed by atoms with Gasteiger partial charge in [0.1, 0.15) is 16.4 Å². The molecule has 2 aromatic heterocycles. The minimum atomic E-state index is -0.430. The van der Waals surface area contributed by atoms with E-state index >= 15 is 0 Å². The van der Waals surface area contributed by atoms with Gasteiger partial charge in [-0.15, -0.1) is 11.3 Å². The van der Waals surface area contributed by atoms with Crippen LogP contribution in [-0.2, 0) is 4.74 Å². The highest BCUT2D eigenvalue weighted by Crippen LogP contribution is 2.34. The molecule has 24 heavy (non-hydrogen) atoms. The number of benzene rings is 1. The van der Waals surface area contributed by atoms with E-state index in [0.717, 1.165) is 11.3 Å². The van der Waals surface area contributed by atoms with Gasteiger partial charge in [0.2, 0.25) is 5.28 Å². The van der Waals surface area contributed by atoms with E-state index in [0.29, 0.717) is 21.6 Å². The van der Waals surface area contributed by atoms with Crippen LogP contribution >= 0.6 is 22.9 Å². The number of phenols is 1. The van der Waals surface area contributed by atoms with Gasteiger partial charge in [-0.05, 0) is 49.2 Å². The quantitative estimate of drug-likeness (QED) is 0.409. The Bertz CT molecular complexity index is 926. The summed E-state index contributed by atoms with van der Waals surface area (Å²) in [6.07, 6.45) is 0. The Morgan fingerprint density at radius 1 is 1.42 bits per heavy atom. The number of ether oxygens (including phenoxy) is 1. The summed E-state index contributed by atoms with van der Waals surface area (Å²) >= 11 is 7.29. The van der Waals surface area contributed by atoms with Crippen LogP contribution in [0.2, 0.25) is 5.28 Å². The van der Waals surface area contributed by atoms with Crippen molar-refractivity contribution < 1.29 is 14.6 Å². The van der Waals surface area contributed by atoms with Crippen LogP contribution in [0.25, 0.3) is 10.2 Å². The molecule has 0 fully saturated rings. The number of fused-ring (bicyclic) bond motifs is 1. The minimum Gasteiger partial charge on any atom is -0.508 e. The monoisotopic (exact) mass is 363 g/mol. The molecule has 1 aromatic carbocycles. The molecule has 0 aliphatic carbocycles. The molecule has 0 saturated carbocycles.